The molecule has 0 radical (unpaired) electrons. The van der Waals surface area contributed by atoms with Gasteiger partial charge in [0.05, 0.1) is 11.5 Å². The van der Waals surface area contributed by atoms with Gasteiger partial charge in [-0.05, 0) is 61.4 Å². The molecule has 224 valence electrons. The lowest BCUT2D eigenvalue weighted by Crippen LogP contribution is -2.16. The van der Waals surface area contributed by atoms with Gasteiger partial charge < -0.3 is 25.3 Å². The van der Waals surface area contributed by atoms with E-state index in [2.05, 4.69) is 30.6 Å². The van der Waals surface area contributed by atoms with Crippen LogP contribution >= 0.6 is 23.5 Å². The van der Waals surface area contributed by atoms with Gasteiger partial charge in [-0.3, -0.25) is 19.2 Å². The molecular formula is C30H32N6O5S2. The van der Waals surface area contributed by atoms with Crippen molar-refractivity contribution in [2.45, 2.75) is 49.8 Å². The number of hydrogen-bond donors (Lipinski definition) is 4. The van der Waals surface area contributed by atoms with Crippen LogP contribution in [0.15, 0.2) is 80.6 Å². The van der Waals surface area contributed by atoms with Crippen molar-refractivity contribution in [3.05, 3.63) is 92.8 Å². The van der Waals surface area contributed by atoms with Crippen molar-refractivity contribution in [3.8, 4) is 11.5 Å². The van der Waals surface area contributed by atoms with E-state index in [0.717, 1.165) is 12.8 Å². The molecule has 0 bridgehead atoms. The van der Waals surface area contributed by atoms with E-state index in [1.165, 1.54) is 35.7 Å². The number of rotatable bonds is 14. The summed E-state index contributed by atoms with van der Waals surface area (Å²) in [4.78, 5) is 62.5. The molecule has 4 N–H and O–H groups in total. The van der Waals surface area contributed by atoms with Gasteiger partial charge in [0, 0.05) is 34.9 Å². The summed E-state index contributed by atoms with van der Waals surface area (Å²) in [7, 11) is 0. The highest BCUT2D eigenvalue weighted by atomic mass is 32.2. The standard InChI is InChI=1S/C30H32N6O5S2/c1-3-5-21-15-25(37)35-29(33-21)42-17-27(39)31-19-7-11-23(12-8-19)41-24-13-9-20(10-14-24)32-28(40)18-43-30-34-22(6-4-2)16-26(38)36-30/h7-16H,3-6,17-18H2,1-2H3,(H,31,39)(H,32,40)(H,33,35,37)(H,34,36,38). The molecule has 2 heterocycles. The van der Waals surface area contributed by atoms with Crippen LogP contribution in [-0.4, -0.2) is 43.3 Å². The zero-order valence-electron chi connectivity index (χ0n) is 23.8. The van der Waals surface area contributed by atoms with Crippen LogP contribution in [0.5, 0.6) is 11.5 Å². The van der Waals surface area contributed by atoms with Gasteiger partial charge in [0.2, 0.25) is 11.8 Å². The van der Waals surface area contributed by atoms with Crippen molar-refractivity contribution in [3.63, 3.8) is 0 Å². The number of aryl methyl sites for hydroxylation is 2. The smallest absolute Gasteiger partial charge is 0.251 e. The van der Waals surface area contributed by atoms with Crippen molar-refractivity contribution in [1.29, 1.82) is 0 Å². The van der Waals surface area contributed by atoms with Crippen molar-refractivity contribution in [1.82, 2.24) is 19.9 Å². The molecule has 0 spiro atoms. The van der Waals surface area contributed by atoms with Crippen molar-refractivity contribution in [2.75, 3.05) is 22.1 Å². The second kappa shape index (κ2) is 15.8. The Labute approximate surface area is 256 Å². The first-order valence-electron chi connectivity index (χ1n) is 13.7. The number of carbonyl (C=O) groups excluding carboxylic acids is 2. The van der Waals surface area contributed by atoms with Gasteiger partial charge in [0.1, 0.15) is 11.5 Å². The van der Waals surface area contributed by atoms with E-state index >= 15 is 0 Å². The van der Waals surface area contributed by atoms with E-state index in [4.69, 9.17) is 4.74 Å². The molecular weight excluding hydrogens is 589 g/mol. The molecule has 0 aliphatic carbocycles. The minimum Gasteiger partial charge on any atom is -0.457 e. The van der Waals surface area contributed by atoms with E-state index < -0.39 is 0 Å². The maximum absolute atomic E-state index is 12.4. The first kappa shape index (κ1) is 31.6. The first-order valence-corrected chi connectivity index (χ1v) is 15.7. The Hall–Kier alpha value is -4.36. The molecule has 4 aromatic rings. The largest absolute Gasteiger partial charge is 0.457 e. The molecule has 13 heteroatoms. The van der Waals surface area contributed by atoms with E-state index in [1.54, 1.807) is 48.5 Å². The molecule has 0 atom stereocenters. The summed E-state index contributed by atoms with van der Waals surface area (Å²) < 4.78 is 5.88. The third-order valence-corrected chi connectivity index (χ3v) is 7.50. The number of nitrogens with zero attached hydrogens (tertiary/aromatic N) is 2. The van der Waals surface area contributed by atoms with Gasteiger partial charge in [0.15, 0.2) is 10.3 Å². The highest BCUT2D eigenvalue weighted by molar-refractivity contribution is 8.00. The molecule has 0 fully saturated rings. The second-order valence-corrected chi connectivity index (χ2v) is 11.3. The lowest BCUT2D eigenvalue weighted by Gasteiger charge is -2.10. The summed E-state index contributed by atoms with van der Waals surface area (Å²) in [6, 6.07) is 16.8. The molecule has 2 amide bonds. The molecule has 2 aromatic heterocycles. The zero-order valence-corrected chi connectivity index (χ0v) is 25.4. The number of H-pyrrole nitrogens is 2. The molecule has 0 saturated carbocycles. The fourth-order valence-electron chi connectivity index (χ4n) is 3.88. The van der Waals surface area contributed by atoms with Crippen LogP contribution in [0, 0.1) is 0 Å². The van der Waals surface area contributed by atoms with Gasteiger partial charge >= 0.3 is 0 Å². The van der Waals surface area contributed by atoms with Gasteiger partial charge in [0.25, 0.3) is 11.1 Å². The van der Waals surface area contributed by atoms with Crippen LogP contribution in [0.1, 0.15) is 38.1 Å². The number of carbonyl (C=O) groups is 2. The van der Waals surface area contributed by atoms with Crippen LogP contribution in [-0.2, 0) is 22.4 Å². The molecule has 11 nitrogen and oxygen atoms in total. The van der Waals surface area contributed by atoms with Gasteiger partial charge in [-0.1, -0.05) is 50.2 Å². The number of amides is 2. The van der Waals surface area contributed by atoms with Gasteiger partial charge in [-0.2, -0.15) is 0 Å². The molecule has 4 rings (SSSR count). The maximum atomic E-state index is 12.4. The first-order chi connectivity index (χ1) is 20.8. The Balaban J connectivity index is 1.22. The third kappa shape index (κ3) is 10.5. The lowest BCUT2D eigenvalue weighted by molar-refractivity contribution is -0.114. The summed E-state index contributed by atoms with van der Waals surface area (Å²) in [5.74, 6) is 0.881. The number of anilines is 2. The maximum Gasteiger partial charge on any atom is 0.251 e. The van der Waals surface area contributed by atoms with Gasteiger partial charge in [-0.15, -0.1) is 0 Å². The van der Waals surface area contributed by atoms with Crippen LogP contribution in [0.25, 0.3) is 0 Å². The summed E-state index contributed by atoms with van der Waals surface area (Å²) in [5.41, 5.74) is 2.16. The summed E-state index contributed by atoms with van der Waals surface area (Å²) in [6.07, 6.45) is 3.16. The number of hydrogen-bond acceptors (Lipinski definition) is 9. The summed E-state index contributed by atoms with van der Waals surface area (Å²) in [6.45, 7) is 4.02. The molecule has 0 aliphatic heterocycles. The van der Waals surface area contributed by atoms with E-state index in [0.29, 0.717) is 57.4 Å². The number of aromatic nitrogens is 4. The third-order valence-electron chi connectivity index (χ3n) is 5.75. The summed E-state index contributed by atoms with van der Waals surface area (Å²) in [5, 5.41) is 6.47. The van der Waals surface area contributed by atoms with Gasteiger partial charge in [-0.25, -0.2) is 9.97 Å². The number of ether oxygens (including phenoxy) is 1. The second-order valence-electron chi connectivity index (χ2n) is 9.41. The SMILES string of the molecule is CCCc1cc(=O)[nH]c(SCC(=O)Nc2ccc(Oc3ccc(NC(=O)CSc4nc(CCC)cc(=O)[nH]4)cc3)cc2)n1. The Bertz CT molecular complexity index is 1530. The van der Waals surface area contributed by atoms with Crippen LogP contribution in [0.4, 0.5) is 11.4 Å². The van der Waals surface area contributed by atoms with E-state index in [9.17, 15) is 19.2 Å². The lowest BCUT2D eigenvalue weighted by atomic mass is 10.2. The molecule has 2 aromatic carbocycles. The fraction of sp³-hybridized carbons (Fsp3) is 0.267. The van der Waals surface area contributed by atoms with Crippen LogP contribution < -0.4 is 26.5 Å². The Morgan fingerprint density at radius 1 is 0.698 bits per heavy atom. The Kier molecular flexibility index (Phi) is 11.6. The number of nitrogens with one attached hydrogen (secondary N) is 4. The predicted molar refractivity (Wildman–Crippen MR) is 169 cm³/mol. The van der Waals surface area contributed by atoms with Crippen LogP contribution in [0.2, 0.25) is 0 Å². The molecule has 43 heavy (non-hydrogen) atoms. The molecule has 0 saturated heterocycles. The minimum absolute atomic E-state index is 0.0981. The highest BCUT2D eigenvalue weighted by Gasteiger charge is 2.09. The number of aromatic amines is 2. The van der Waals surface area contributed by atoms with Crippen molar-refractivity contribution < 1.29 is 14.3 Å². The average Bonchev–Trinajstić information content (AvgIpc) is 2.97. The van der Waals surface area contributed by atoms with Crippen molar-refractivity contribution >= 4 is 46.7 Å². The van der Waals surface area contributed by atoms with E-state index in [-0.39, 0.29) is 34.4 Å². The predicted octanol–water partition coefficient (Wildman–Crippen LogP) is 5.01. The molecule has 0 aliphatic rings. The Morgan fingerprint density at radius 3 is 1.47 bits per heavy atom. The fourth-order valence-corrected chi connectivity index (χ4v) is 5.27. The number of benzene rings is 2. The highest BCUT2D eigenvalue weighted by Crippen LogP contribution is 2.25. The number of thioether (sulfide) groups is 2. The van der Waals surface area contributed by atoms with E-state index in [1.807, 2.05) is 13.8 Å². The summed E-state index contributed by atoms with van der Waals surface area (Å²) >= 11 is 2.34. The average molecular weight is 621 g/mol. The monoisotopic (exact) mass is 620 g/mol. The van der Waals surface area contributed by atoms with Crippen LogP contribution in [0.3, 0.4) is 0 Å². The quantitative estimate of drug-likeness (QED) is 0.112. The zero-order chi connectivity index (χ0) is 30.6. The normalized spacial score (nSPS) is 10.7. The Morgan fingerprint density at radius 2 is 1.09 bits per heavy atom. The molecule has 0 unspecified atom stereocenters. The topological polar surface area (TPSA) is 159 Å². The minimum atomic E-state index is -0.229. The van der Waals surface area contributed by atoms with Crippen molar-refractivity contribution in [2.24, 2.45) is 0 Å².